The van der Waals surface area contributed by atoms with E-state index in [1.807, 2.05) is 12.1 Å². The predicted molar refractivity (Wildman–Crippen MR) is 125 cm³/mol. The van der Waals surface area contributed by atoms with Gasteiger partial charge in [0.15, 0.2) is 0 Å². The van der Waals surface area contributed by atoms with Gasteiger partial charge in [-0.2, -0.15) is 13.2 Å². The highest BCUT2D eigenvalue weighted by Gasteiger charge is 2.46. The fourth-order valence-electron chi connectivity index (χ4n) is 3.99. The number of piperidine rings is 1. The Bertz CT molecular complexity index is 1080. The lowest BCUT2D eigenvalue weighted by atomic mass is 9.93. The second-order valence-electron chi connectivity index (χ2n) is 8.26. The van der Waals surface area contributed by atoms with Crippen molar-refractivity contribution in [3.05, 3.63) is 65.0 Å². The first-order chi connectivity index (χ1) is 16.8. The minimum atomic E-state index is -4.73. The first-order valence-corrected chi connectivity index (χ1v) is 12.0. The minimum Gasteiger partial charge on any atom is -0.429 e. The Kier molecular flexibility index (Phi) is 7.84. The van der Waals surface area contributed by atoms with Gasteiger partial charge in [0.1, 0.15) is 16.6 Å². The number of nitrogens with one attached hydrogen (secondary N) is 1. The number of rotatable bonds is 7. The molecular formula is C24H24F4N4O2S. The van der Waals surface area contributed by atoms with Gasteiger partial charge < -0.3 is 15.0 Å². The number of carbonyl (C=O) groups is 1. The Hall–Kier alpha value is -3.21. The van der Waals surface area contributed by atoms with Gasteiger partial charge in [-0.05, 0) is 55.0 Å². The number of amides is 1. The minimum absolute atomic E-state index is 0.233. The first kappa shape index (κ1) is 24.9. The molecule has 1 aromatic carbocycles. The molecule has 0 radical (unpaired) electrons. The number of carbonyl (C=O) groups excluding carboxylic acids is 1. The first-order valence-electron chi connectivity index (χ1n) is 11.2. The van der Waals surface area contributed by atoms with Crippen LogP contribution in [0.2, 0.25) is 0 Å². The predicted octanol–water partition coefficient (Wildman–Crippen LogP) is 5.98. The molecule has 1 aliphatic rings. The molecule has 1 aliphatic heterocycles. The average Bonchev–Trinajstić information content (AvgIpc) is 3.37. The standard InChI is InChI=1S/C24H24F4N4O2S/c25-19-4-1-17(2-5-19)18-3-6-20(31-15-18)32-12-8-16(9-13-32)7-10-30-23(33)34-21(24(26,27)28)22-29-11-14-35-22/h1-6,11,14-16,21H,7-10,12-13H2,(H,30,33). The molecule has 6 nitrogen and oxygen atoms in total. The number of benzene rings is 1. The van der Waals surface area contributed by atoms with E-state index in [0.29, 0.717) is 12.3 Å². The molecule has 1 atom stereocenters. The molecular weight excluding hydrogens is 484 g/mol. The lowest BCUT2D eigenvalue weighted by Gasteiger charge is -2.33. The molecule has 1 unspecified atom stereocenters. The van der Waals surface area contributed by atoms with E-state index in [4.69, 9.17) is 0 Å². The van der Waals surface area contributed by atoms with E-state index in [1.54, 1.807) is 18.3 Å². The Morgan fingerprint density at radius 2 is 1.83 bits per heavy atom. The number of ether oxygens (including phenoxy) is 1. The molecule has 4 rings (SSSR count). The molecule has 3 heterocycles. The number of aromatic nitrogens is 2. The van der Waals surface area contributed by atoms with Crippen molar-refractivity contribution in [2.75, 3.05) is 24.5 Å². The normalized spacial score (nSPS) is 15.6. The van der Waals surface area contributed by atoms with Crippen molar-refractivity contribution >= 4 is 23.2 Å². The van der Waals surface area contributed by atoms with Gasteiger partial charge in [0.2, 0.25) is 6.10 Å². The van der Waals surface area contributed by atoms with Gasteiger partial charge in [0.05, 0.1) is 0 Å². The summed E-state index contributed by atoms with van der Waals surface area (Å²) in [6.07, 6.45) is -2.80. The number of thiazole rings is 1. The molecule has 35 heavy (non-hydrogen) atoms. The summed E-state index contributed by atoms with van der Waals surface area (Å²) in [5.74, 6) is 0.910. The summed E-state index contributed by atoms with van der Waals surface area (Å²) in [5, 5.41) is 3.52. The van der Waals surface area contributed by atoms with E-state index in [0.717, 1.165) is 54.2 Å². The molecule has 0 saturated carbocycles. The molecule has 1 fully saturated rings. The molecule has 11 heteroatoms. The van der Waals surface area contributed by atoms with Crippen LogP contribution in [0, 0.1) is 11.7 Å². The zero-order valence-electron chi connectivity index (χ0n) is 18.7. The van der Waals surface area contributed by atoms with Crippen molar-refractivity contribution in [2.24, 2.45) is 5.92 Å². The van der Waals surface area contributed by atoms with Crippen molar-refractivity contribution in [2.45, 2.75) is 31.5 Å². The zero-order valence-corrected chi connectivity index (χ0v) is 19.5. The number of halogens is 4. The maximum Gasteiger partial charge on any atom is 0.432 e. The average molecular weight is 509 g/mol. The SMILES string of the molecule is O=C(NCCC1CCN(c2ccc(-c3ccc(F)cc3)cn2)CC1)OC(c1nccs1)C(F)(F)F. The number of nitrogens with zero attached hydrogens (tertiary/aromatic N) is 3. The highest BCUT2D eigenvalue weighted by atomic mass is 32.1. The second-order valence-corrected chi connectivity index (χ2v) is 9.18. The summed E-state index contributed by atoms with van der Waals surface area (Å²) in [6.45, 7) is 1.81. The molecule has 2 aromatic heterocycles. The smallest absolute Gasteiger partial charge is 0.429 e. The molecule has 0 bridgehead atoms. The Balaban J connectivity index is 1.20. The van der Waals surface area contributed by atoms with Crippen LogP contribution in [0.3, 0.4) is 0 Å². The van der Waals surface area contributed by atoms with Crippen LogP contribution in [0.4, 0.5) is 28.2 Å². The topological polar surface area (TPSA) is 67.4 Å². The van der Waals surface area contributed by atoms with Gasteiger partial charge in [-0.15, -0.1) is 11.3 Å². The Labute approximate surface area is 204 Å². The van der Waals surface area contributed by atoms with Crippen LogP contribution in [-0.4, -0.2) is 41.9 Å². The summed E-state index contributed by atoms with van der Waals surface area (Å²) in [6, 6.07) is 10.1. The zero-order chi connectivity index (χ0) is 24.8. The molecule has 186 valence electrons. The van der Waals surface area contributed by atoms with Gasteiger partial charge in [-0.3, -0.25) is 0 Å². The second kappa shape index (κ2) is 11.0. The van der Waals surface area contributed by atoms with Gasteiger partial charge in [0.25, 0.3) is 0 Å². The summed E-state index contributed by atoms with van der Waals surface area (Å²) < 4.78 is 57.3. The third kappa shape index (κ3) is 6.68. The third-order valence-corrected chi connectivity index (χ3v) is 6.70. The summed E-state index contributed by atoms with van der Waals surface area (Å²) in [7, 11) is 0. The van der Waals surface area contributed by atoms with Crippen LogP contribution < -0.4 is 10.2 Å². The van der Waals surface area contributed by atoms with Crippen molar-refractivity contribution in [3.8, 4) is 11.1 Å². The number of pyridine rings is 1. The maximum absolute atomic E-state index is 13.2. The van der Waals surface area contributed by atoms with Crippen LogP contribution >= 0.6 is 11.3 Å². The number of hydrogen-bond acceptors (Lipinski definition) is 6. The van der Waals surface area contributed by atoms with Crippen LogP contribution in [-0.2, 0) is 4.74 Å². The maximum atomic E-state index is 13.2. The van der Waals surface area contributed by atoms with Gasteiger partial charge >= 0.3 is 12.3 Å². The van der Waals surface area contributed by atoms with Gasteiger partial charge in [-0.25, -0.2) is 19.2 Å². The van der Waals surface area contributed by atoms with Crippen molar-refractivity contribution in [1.82, 2.24) is 15.3 Å². The molecule has 0 spiro atoms. The van der Waals surface area contributed by atoms with E-state index in [1.165, 1.54) is 23.7 Å². The number of hydrogen-bond donors (Lipinski definition) is 1. The number of alkyl carbamates (subject to hydrolysis) is 1. The fourth-order valence-corrected chi connectivity index (χ4v) is 4.67. The molecule has 1 saturated heterocycles. The summed E-state index contributed by atoms with van der Waals surface area (Å²) in [4.78, 5) is 22.3. The van der Waals surface area contributed by atoms with Crippen LogP contribution in [0.5, 0.6) is 0 Å². The fraction of sp³-hybridized carbons (Fsp3) is 0.375. The van der Waals surface area contributed by atoms with E-state index < -0.39 is 18.4 Å². The van der Waals surface area contributed by atoms with Crippen LogP contribution in [0.15, 0.2) is 54.2 Å². The molecule has 1 N–H and O–H groups in total. The largest absolute Gasteiger partial charge is 0.432 e. The summed E-state index contributed by atoms with van der Waals surface area (Å²) in [5.41, 5.74) is 1.80. The van der Waals surface area contributed by atoms with E-state index in [9.17, 15) is 22.4 Å². The third-order valence-electron chi connectivity index (χ3n) is 5.88. The Morgan fingerprint density at radius 1 is 1.11 bits per heavy atom. The highest BCUT2D eigenvalue weighted by molar-refractivity contribution is 7.09. The van der Waals surface area contributed by atoms with Crippen LogP contribution in [0.25, 0.3) is 11.1 Å². The van der Waals surface area contributed by atoms with Crippen molar-refractivity contribution in [1.29, 1.82) is 0 Å². The van der Waals surface area contributed by atoms with E-state index in [2.05, 4.69) is 24.9 Å². The monoisotopic (exact) mass is 508 g/mol. The Morgan fingerprint density at radius 3 is 2.43 bits per heavy atom. The van der Waals surface area contributed by atoms with Crippen LogP contribution in [0.1, 0.15) is 30.4 Å². The van der Waals surface area contributed by atoms with Gasteiger partial charge in [-0.1, -0.05) is 12.1 Å². The molecule has 0 aliphatic carbocycles. The lowest BCUT2D eigenvalue weighted by Crippen LogP contribution is -2.36. The summed E-state index contributed by atoms with van der Waals surface area (Å²) >= 11 is 0.785. The van der Waals surface area contributed by atoms with E-state index >= 15 is 0 Å². The van der Waals surface area contributed by atoms with E-state index in [-0.39, 0.29) is 17.4 Å². The number of anilines is 1. The number of alkyl halides is 3. The van der Waals surface area contributed by atoms with Gasteiger partial charge in [0, 0.05) is 43.0 Å². The van der Waals surface area contributed by atoms with Crippen molar-refractivity contribution in [3.63, 3.8) is 0 Å². The highest BCUT2D eigenvalue weighted by Crippen LogP contribution is 2.36. The lowest BCUT2D eigenvalue weighted by molar-refractivity contribution is -0.206. The molecule has 3 aromatic rings. The molecule has 1 amide bonds. The van der Waals surface area contributed by atoms with Crippen molar-refractivity contribution < 1.29 is 27.1 Å². The quantitative estimate of drug-likeness (QED) is 0.398.